The number of pyridine rings is 1. The molecule has 202 valence electrons. The van der Waals surface area contributed by atoms with Crippen molar-refractivity contribution in [3.05, 3.63) is 104 Å². The summed E-state index contributed by atoms with van der Waals surface area (Å²) in [4.78, 5) is 28.7. The minimum atomic E-state index is -0.609. The van der Waals surface area contributed by atoms with Gasteiger partial charge in [0.25, 0.3) is 0 Å². The maximum atomic E-state index is 12.2. The molecule has 1 N–H and O–H groups in total. The molecule has 1 aliphatic rings. The number of nitrogens with one attached hydrogen (secondary N) is 1. The molecule has 12 heteroatoms. The van der Waals surface area contributed by atoms with Gasteiger partial charge in [-0.3, -0.25) is 10.1 Å². The Morgan fingerprint density at radius 2 is 1.75 bits per heavy atom. The number of rotatable bonds is 7. The number of nitro groups is 1. The van der Waals surface area contributed by atoms with Crippen LogP contribution < -0.4 is 15.1 Å². The SMILES string of the molecule is Cc1cc(C(C#N)c2ccc(Cl)cc2)c(Cl)cc1Nc1ncnc(N2CCN(c3ccccn3)CC2)c1[N+](=O)[O-]. The molecule has 5 rings (SSSR count). The Morgan fingerprint density at radius 1 is 1.02 bits per heavy atom. The lowest BCUT2D eigenvalue weighted by Crippen LogP contribution is -2.47. The summed E-state index contributed by atoms with van der Waals surface area (Å²) in [5, 5.41) is 26.1. The van der Waals surface area contributed by atoms with Crippen LogP contribution in [0.5, 0.6) is 0 Å². The average Bonchev–Trinajstić information content (AvgIpc) is 2.97. The smallest absolute Gasteiger partial charge is 0.353 e. The van der Waals surface area contributed by atoms with E-state index < -0.39 is 10.8 Å². The first-order valence-corrected chi connectivity index (χ1v) is 13.2. The van der Waals surface area contributed by atoms with Crippen LogP contribution in [-0.4, -0.2) is 46.1 Å². The number of nitrogens with zero attached hydrogens (tertiary/aromatic N) is 7. The highest BCUT2D eigenvalue weighted by Crippen LogP contribution is 2.38. The lowest BCUT2D eigenvalue weighted by Gasteiger charge is -2.35. The summed E-state index contributed by atoms with van der Waals surface area (Å²) in [6.07, 6.45) is 3.06. The lowest BCUT2D eigenvalue weighted by molar-refractivity contribution is -0.383. The minimum Gasteiger partial charge on any atom is -0.353 e. The van der Waals surface area contributed by atoms with E-state index in [4.69, 9.17) is 23.2 Å². The van der Waals surface area contributed by atoms with Crippen LogP contribution in [0.3, 0.4) is 0 Å². The first-order chi connectivity index (χ1) is 19.4. The van der Waals surface area contributed by atoms with Crippen molar-refractivity contribution in [3.8, 4) is 6.07 Å². The molecule has 2 aromatic heterocycles. The van der Waals surface area contributed by atoms with Crippen molar-refractivity contribution < 1.29 is 4.92 Å². The number of hydrogen-bond donors (Lipinski definition) is 1. The number of aryl methyl sites for hydroxylation is 1. The van der Waals surface area contributed by atoms with Crippen molar-refractivity contribution in [2.24, 2.45) is 0 Å². The van der Waals surface area contributed by atoms with Crippen molar-refractivity contribution in [2.45, 2.75) is 12.8 Å². The predicted molar refractivity (Wildman–Crippen MR) is 156 cm³/mol. The fourth-order valence-electron chi connectivity index (χ4n) is 4.71. The Bertz CT molecular complexity index is 1570. The largest absolute Gasteiger partial charge is 0.353 e. The molecule has 40 heavy (non-hydrogen) atoms. The van der Waals surface area contributed by atoms with E-state index in [0.29, 0.717) is 47.5 Å². The van der Waals surface area contributed by atoms with E-state index in [1.54, 1.807) is 42.6 Å². The molecule has 1 unspecified atom stereocenters. The van der Waals surface area contributed by atoms with Crippen LogP contribution in [-0.2, 0) is 0 Å². The molecule has 1 aliphatic heterocycles. The number of anilines is 4. The van der Waals surface area contributed by atoms with E-state index in [1.807, 2.05) is 30.0 Å². The van der Waals surface area contributed by atoms with Gasteiger partial charge in [-0.1, -0.05) is 47.5 Å². The van der Waals surface area contributed by atoms with E-state index in [0.717, 1.165) is 16.9 Å². The van der Waals surface area contributed by atoms with Gasteiger partial charge in [-0.25, -0.2) is 15.0 Å². The van der Waals surface area contributed by atoms with Gasteiger partial charge in [0.15, 0.2) is 0 Å². The van der Waals surface area contributed by atoms with Gasteiger partial charge in [0, 0.05) is 48.1 Å². The third-order valence-corrected chi connectivity index (χ3v) is 7.36. The molecular weight excluding hydrogens is 551 g/mol. The first kappa shape index (κ1) is 27.1. The molecule has 0 saturated carbocycles. The monoisotopic (exact) mass is 574 g/mol. The van der Waals surface area contributed by atoms with E-state index >= 15 is 0 Å². The molecule has 0 bridgehead atoms. The topological polar surface area (TPSA) is 124 Å². The molecule has 2 aromatic carbocycles. The van der Waals surface area contributed by atoms with E-state index in [1.165, 1.54) is 6.33 Å². The van der Waals surface area contributed by atoms with Crippen LogP contribution >= 0.6 is 23.2 Å². The standard InChI is InChI=1S/C28H24Cl2N8O2/c1-18-14-21(22(16-31)19-5-7-20(29)8-6-19)23(30)15-24(18)35-27-26(38(39)40)28(34-17-33-27)37-12-10-36(11-13-37)25-4-2-3-9-32-25/h2-9,14-15,17,22H,10-13H2,1H3,(H,33,34,35). The van der Waals surface area contributed by atoms with Gasteiger partial charge in [0.1, 0.15) is 12.1 Å². The Hall–Kier alpha value is -4.46. The Labute approximate surface area is 241 Å². The molecule has 1 saturated heterocycles. The highest BCUT2D eigenvalue weighted by atomic mass is 35.5. The number of benzene rings is 2. The Morgan fingerprint density at radius 3 is 2.40 bits per heavy atom. The number of hydrogen-bond acceptors (Lipinski definition) is 9. The fraction of sp³-hybridized carbons (Fsp3) is 0.214. The number of nitriles is 1. The Balaban J connectivity index is 1.41. The highest BCUT2D eigenvalue weighted by molar-refractivity contribution is 6.32. The molecule has 0 amide bonds. The molecule has 1 fully saturated rings. The fourth-order valence-corrected chi connectivity index (χ4v) is 5.11. The quantitative estimate of drug-likeness (QED) is 0.205. The summed E-state index contributed by atoms with van der Waals surface area (Å²) in [5.74, 6) is 0.564. The maximum Gasteiger partial charge on any atom is 0.353 e. The summed E-state index contributed by atoms with van der Waals surface area (Å²) in [6, 6.07) is 18.5. The molecular formula is C28H24Cl2N8O2. The van der Waals surface area contributed by atoms with Gasteiger partial charge in [-0.2, -0.15) is 5.26 Å². The second kappa shape index (κ2) is 11.7. The number of halogens is 2. The summed E-state index contributed by atoms with van der Waals surface area (Å²) < 4.78 is 0. The van der Waals surface area contributed by atoms with Crippen LogP contribution in [0.15, 0.2) is 67.1 Å². The second-order valence-electron chi connectivity index (χ2n) is 9.24. The summed E-state index contributed by atoms with van der Waals surface area (Å²) >= 11 is 12.6. The van der Waals surface area contributed by atoms with Crippen LogP contribution in [0.2, 0.25) is 10.0 Å². The van der Waals surface area contributed by atoms with Crippen LogP contribution in [0.1, 0.15) is 22.6 Å². The van der Waals surface area contributed by atoms with Crippen LogP contribution in [0.25, 0.3) is 0 Å². The lowest BCUT2D eigenvalue weighted by atomic mass is 9.91. The molecule has 0 aliphatic carbocycles. The second-order valence-corrected chi connectivity index (χ2v) is 10.1. The number of piperazine rings is 1. The third kappa shape index (κ3) is 5.61. The zero-order valence-corrected chi connectivity index (χ0v) is 23.0. The minimum absolute atomic E-state index is 0.0589. The van der Waals surface area contributed by atoms with Gasteiger partial charge in [0.2, 0.25) is 11.6 Å². The van der Waals surface area contributed by atoms with Crippen molar-refractivity contribution >= 4 is 52.0 Å². The van der Waals surface area contributed by atoms with Crippen molar-refractivity contribution in [3.63, 3.8) is 0 Å². The van der Waals surface area contributed by atoms with Gasteiger partial charge in [-0.15, -0.1) is 0 Å². The highest BCUT2D eigenvalue weighted by Gasteiger charge is 2.30. The van der Waals surface area contributed by atoms with E-state index in [9.17, 15) is 15.4 Å². The van der Waals surface area contributed by atoms with Crippen molar-refractivity contribution in [1.82, 2.24) is 15.0 Å². The van der Waals surface area contributed by atoms with E-state index in [2.05, 4.69) is 31.2 Å². The van der Waals surface area contributed by atoms with Crippen molar-refractivity contribution in [2.75, 3.05) is 41.3 Å². The maximum absolute atomic E-state index is 12.2. The number of aromatic nitrogens is 3. The molecule has 10 nitrogen and oxygen atoms in total. The van der Waals surface area contributed by atoms with Gasteiger partial charge in [0.05, 0.1) is 16.9 Å². The summed E-state index contributed by atoms with van der Waals surface area (Å²) in [7, 11) is 0. The predicted octanol–water partition coefficient (Wildman–Crippen LogP) is 6.12. The Kier molecular flexibility index (Phi) is 7.96. The van der Waals surface area contributed by atoms with Crippen LogP contribution in [0, 0.1) is 28.4 Å². The van der Waals surface area contributed by atoms with Crippen molar-refractivity contribution in [1.29, 1.82) is 5.26 Å². The average molecular weight is 575 g/mol. The third-order valence-electron chi connectivity index (χ3n) is 6.78. The molecule has 0 spiro atoms. The molecule has 3 heterocycles. The molecule has 0 radical (unpaired) electrons. The van der Waals surface area contributed by atoms with Gasteiger partial charge in [-0.05, 0) is 53.9 Å². The summed E-state index contributed by atoms with van der Waals surface area (Å²) in [6.45, 7) is 4.19. The first-order valence-electron chi connectivity index (χ1n) is 12.5. The summed E-state index contributed by atoms with van der Waals surface area (Å²) in [5.41, 5.74) is 2.44. The van der Waals surface area contributed by atoms with Gasteiger partial charge < -0.3 is 15.1 Å². The zero-order valence-electron chi connectivity index (χ0n) is 21.5. The zero-order chi connectivity index (χ0) is 28.2. The molecule has 4 aromatic rings. The molecule has 1 atom stereocenters. The van der Waals surface area contributed by atoms with Gasteiger partial charge >= 0.3 is 5.69 Å². The normalized spacial score (nSPS) is 13.9. The van der Waals surface area contributed by atoms with E-state index in [-0.39, 0.29) is 17.3 Å². The van der Waals surface area contributed by atoms with Crippen LogP contribution in [0.4, 0.5) is 28.8 Å².